The molecule has 3 nitrogen and oxygen atoms in total. The Kier molecular flexibility index (Phi) is 3.85. The summed E-state index contributed by atoms with van der Waals surface area (Å²) in [5.74, 6) is 0.399. The Labute approximate surface area is 146 Å². The van der Waals surface area contributed by atoms with Gasteiger partial charge in [-0.2, -0.15) is 0 Å². The third kappa shape index (κ3) is 2.82. The monoisotopic (exact) mass is 336 g/mol. The van der Waals surface area contributed by atoms with Crippen molar-refractivity contribution in [1.82, 2.24) is 4.98 Å². The molecule has 1 amide bonds. The van der Waals surface area contributed by atoms with E-state index in [2.05, 4.69) is 38.1 Å². The van der Waals surface area contributed by atoms with Crippen molar-refractivity contribution >= 4 is 32.6 Å². The smallest absolute Gasteiger partial charge is 0.232 e. The van der Waals surface area contributed by atoms with Crippen molar-refractivity contribution in [3.8, 4) is 0 Å². The van der Waals surface area contributed by atoms with E-state index in [1.165, 1.54) is 11.1 Å². The van der Waals surface area contributed by atoms with Gasteiger partial charge in [0, 0.05) is 5.92 Å². The highest BCUT2D eigenvalue weighted by Crippen LogP contribution is 2.37. The summed E-state index contributed by atoms with van der Waals surface area (Å²) in [4.78, 5) is 19.5. The van der Waals surface area contributed by atoms with E-state index in [0.717, 1.165) is 33.8 Å². The average molecular weight is 336 g/mol. The van der Waals surface area contributed by atoms with E-state index >= 15 is 0 Å². The van der Waals surface area contributed by atoms with Gasteiger partial charge in [0.15, 0.2) is 5.13 Å². The number of fused-ring (bicyclic) bond motifs is 1. The summed E-state index contributed by atoms with van der Waals surface area (Å²) in [7, 11) is 0. The molecule has 0 N–H and O–H groups in total. The van der Waals surface area contributed by atoms with Crippen LogP contribution in [0.5, 0.6) is 0 Å². The van der Waals surface area contributed by atoms with Crippen molar-refractivity contribution in [1.29, 1.82) is 0 Å². The number of nitrogens with zero attached hydrogens (tertiary/aromatic N) is 2. The van der Waals surface area contributed by atoms with Gasteiger partial charge in [-0.3, -0.25) is 9.69 Å². The molecule has 0 radical (unpaired) electrons. The topological polar surface area (TPSA) is 33.2 Å². The zero-order chi connectivity index (χ0) is 16.7. The van der Waals surface area contributed by atoms with Crippen molar-refractivity contribution in [3.63, 3.8) is 0 Å². The number of anilines is 1. The summed E-state index contributed by atoms with van der Waals surface area (Å²) in [5, 5.41) is 0.819. The fourth-order valence-electron chi connectivity index (χ4n) is 2.89. The summed E-state index contributed by atoms with van der Waals surface area (Å²) in [6.45, 7) is 4.80. The van der Waals surface area contributed by atoms with Gasteiger partial charge in [0.2, 0.25) is 5.91 Å². The number of carbonyl (C=O) groups excluding carboxylic acids is 1. The predicted octanol–water partition coefficient (Wildman–Crippen LogP) is 4.86. The first kappa shape index (κ1) is 15.3. The fourth-order valence-corrected chi connectivity index (χ4v) is 3.92. The van der Waals surface area contributed by atoms with Gasteiger partial charge in [0.25, 0.3) is 0 Å². The van der Waals surface area contributed by atoms with Crippen LogP contribution in [0.1, 0.15) is 29.5 Å². The first-order chi connectivity index (χ1) is 11.6. The summed E-state index contributed by atoms with van der Waals surface area (Å²) in [6, 6.07) is 14.4. The lowest BCUT2D eigenvalue weighted by Crippen LogP contribution is -2.31. The summed E-state index contributed by atoms with van der Waals surface area (Å²) >= 11 is 1.61. The molecule has 1 aliphatic rings. The van der Waals surface area contributed by atoms with Crippen molar-refractivity contribution in [2.45, 2.75) is 33.2 Å². The Morgan fingerprint density at radius 2 is 1.92 bits per heavy atom. The number of hydrogen-bond acceptors (Lipinski definition) is 3. The lowest BCUT2D eigenvalue weighted by Gasteiger charge is -2.19. The maximum absolute atomic E-state index is 12.8. The lowest BCUT2D eigenvalue weighted by atomic mass is 10.1. The number of aromatic nitrogens is 1. The molecule has 0 unspecified atom stereocenters. The second-order valence-corrected chi connectivity index (χ2v) is 7.54. The second kappa shape index (κ2) is 6.02. The molecule has 1 fully saturated rings. The van der Waals surface area contributed by atoms with Crippen LogP contribution in [0.25, 0.3) is 10.2 Å². The van der Waals surface area contributed by atoms with E-state index in [1.807, 2.05) is 23.1 Å². The lowest BCUT2D eigenvalue weighted by molar-refractivity contribution is -0.119. The van der Waals surface area contributed by atoms with E-state index in [9.17, 15) is 4.79 Å². The molecule has 3 aromatic rings. The number of amides is 1. The fraction of sp³-hybridized carbons (Fsp3) is 0.300. The molecule has 1 aliphatic carbocycles. The molecular formula is C20H20N2OS. The molecular weight excluding hydrogens is 316 g/mol. The van der Waals surface area contributed by atoms with Gasteiger partial charge in [-0.15, -0.1) is 0 Å². The second-order valence-electron chi connectivity index (χ2n) is 6.53. The van der Waals surface area contributed by atoms with Gasteiger partial charge in [0.1, 0.15) is 0 Å². The van der Waals surface area contributed by atoms with Gasteiger partial charge in [-0.25, -0.2) is 4.98 Å². The molecule has 1 saturated carbocycles. The molecule has 1 aromatic heterocycles. The van der Waals surface area contributed by atoms with Gasteiger partial charge in [-0.1, -0.05) is 47.7 Å². The Morgan fingerprint density at radius 1 is 1.17 bits per heavy atom. The zero-order valence-corrected chi connectivity index (χ0v) is 14.8. The molecule has 2 aromatic carbocycles. The number of hydrogen-bond donors (Lipinski definition) is 0. The number of aryl methyl sites for hydroxylation is 2. The van der Waals surface area contributed by atoms with Crippen LogP contribution in [0.3, 0.4) is 0 Å². The minimum absolute atomic E-state index is 0.184. The maximum Gasteiger partial charge on any atom is 0.232 e. The molecule has 0 saturated heterocycles. The van der Waals surface area contributed by atoms with Crippen molar-refractivity contribution in [2.24, 2.45) is 5.92 Å². The van der Waals surface area contributed by atoms with E-state index in [1.54, 1.807) is 11.3 Å². The maximum atomic E-state index is 12.8. The Bertz CT molecular complexity index is 897. The van der Waals surface area contributed by atoms with E-state index < -0.39 is 0 Å². The zero-order valence-electron chi connectivity index (χ0n) is 14.0. The van der Waals surface area contributed by atoms with Crippen molar-refractivity contribution in [2.75, 3.05) is 4.90 Å². The van der Waals surface area contributed by atoms with Crippen LogP contribution in [0.2, 0.25) is 0 Å². The molecule has 24 heavy (non-hydrogen) atoms. The number of rotatable bonds is 4. The quantitative estimate of drug-likeness (QED) is 0.682. The van der Waals surface area contributed by atoms with Gasteiger partial charge >= 0.3 is 0 Å². The first-order valence-corrected chi connectivity index (χ1v) is 9.17. The molecule has 0 bridgehead atoms. The van der Waals surface area contributed by atoms with Crippen LogP contribution in [-0.2, 0) is 11.3 Å². The highest BCUT2D eigenvalue weighted by atomic mass is 32.1. The molecule has 0 aliphatic heterocycles. The third-order valence-corrected chi connectivity index (χ3v) is 5.72. The molecule has 122 valence electrons. The Morgan fingerprint density at radius 3 is 2.62 bits per heavy atom. The van der Waals surface area contributed by atoms with Crippen LogP contribution < -0.4 is 4.90 Å². The molecule has 4 heteroatoms. The standard InChI is InChI=1S/C20H20N2OS/c1-13-8-11-17-18(14(13)2)21-20(24-17)22(19(23)16-9-10-16)12-15-6-4-3-5-7-15/h3-8,11,16H,9-10,12H2,1-2H3. The van der Waals surface area contributed by atoms with Crippen LogP contribution in [0.15, 0.2) is 42.5 Å². The van der Waals surface area contributed by atoms with Crippen molar-refractivity contribution in [3.05, 3.63) is 59.2 Å². The molecule has 0 atom stereocenters. The van der Waals surface area contributed by atoms with E-state index in [-0.39, 0.29) is 11.8 Å². The highest BCUT2D eigenvalue weighted by molar-refractivity contribution is 7.22. The minimum atomic E-state index is 0.184. The third-order valence-electron chi connectivity index (χ3n) is 4.68. The first-order valence-electron chi connectivity index (χ1n) is 8.35. The Balaban J connectivity index is 1.75. The van der Waals surface area contributed by atoms with Crippen molar-refractivity contribution < 1.29 is 4.79 Å². The van der Waals surface area contributed by atoms with E-state index in [4.69, 9.17) is 4.98 Å². The van der Waals surface area contributed by atoms with Gasteiger partial charge in [0.05, 0.1) is 16.8 Å². The average Bonchev–Trinajstić information content (AvgIpc) is 3.36. The van der Waals surface area contributed by atoms with Gasteiger partial charge in [-0.05, 0) is 49.4 Å². The predicted molar refractivity (Wildman–Crippen MR) is 99.5 cm³/mol. The number of thiazole rings is 1. The van der Waals surface area contributed by atoms with Crippen LogP contribution >= 0.6 is 11.3 Å². The van der Waals surface area contributed by atoms with Gasteiger partial charge < -0.3 is 0 Å². The summed E-state index contributed by atoms with van der Waals surface area (Å²) in [5.41, 5.74) is 4.60. The minimum Gasteiger partial charge on any atom is -0.283 e. The van der Waals surface area contributed by atoms with Crippen LogP contribution in [0.4, 0.5) is 5.13 Å². The number of carbonyl (C=O) groups is 1. The summed E-state index contributed by atoms with van der Waals surface area (Å²) in [6.07, 6.45) is 2.01. The SMILES string of the molecule is Cc1ccc2sc(N(Cc3ccccc3)C(=O)C3CC3)nc2c1C. The molecule has 1 heterocycles. The van der Waals surface area contributed by atoms with Crippen LogP contribution in [0, 0.1) is 19.8 Å². The largest absolute Gasteiger partial charge is 0.283 e. The molecule has 0 spiro atoms. The Hall–Kier alpha value is -2.20. The van der Waals surface area contributed by atoms with Crippen LogP contribution in [-0.4, -0.2) is 10.9 Å². The number of benzene rings is 2. The summed E-state index contributed by atoms with van der Waals surface area (Å²) < 4.78 is 1.15. The molecule has 4 rings (SSSR count). The highest BCUT2D eigenvalue weighted by Gasteiger charge is 2.35. The normalized spacial score (nSPS) is 14.1. The van der Waals surface area contributed by atoms with E-state index in [0.29, 0.717) is 6.54 Å².